The highest BCUT2D eigenvalue weighted by Gasteiger charge is 2.28. The number of carbonyl (C=O) groups excluding carboxylic acids is 2. The Hall–Kier alpha value is -1.14. The maximum absolute atomic E-state index is 11.8. The third kappa shape index (κ3) is 5.46. The zero-order chi connectivity index (χ0) is 14.3. The van der Waals surface area contributed by atoms with Gasteiger partial charge in [-0.3, -0.25) is 4.79 Å². The van der Waals surface area contributed by atoms with Crippen molar-refractivity contribution in [3.8, 4) is 0 Å². The highest BCUT2D eigenvalue weighted by molar-refractivity contribution is 5.83. The van der Waals surface area contributed by atoms with Gasteiger partial charge in [0.05, 0.1) is 19.2 Å². The van der Waals surface area contributed by atoms with Gasteiger partial charge in [-0.1, -0.05) is 20.8 Å². The van der Waals surface area contributed by atoms with Crippen LogP contribution in [0, 0.1) is 5.92 Å². The SMILES string of the molecule is CCC(NC(=O)[C@@H](N)CC(C)C)C(O)C(=O)OC. The molecular weight excluding hydrogens is 236 g/mol. The van der Waals surface area contributed by atoms with Gasteiger partial charge >= 0.3 is 5.97 Å². The van der Waals surface area contributed by atoms with Crippen molar-refractivity contribution in [1.29, 1.82) is 0 Å². The summed E-state index contributed by atoms with van der Waals surface area (Å²) in [7, 11) is 1.19. The largest absolute Gasteiger partial charge is 0.467 e. The molecule has 0 rings (SSSR count). The third-order valence-corrected chi connectivity index (χ3v) is 2.65. The first-order valence-corrected chi connectivity index (χ1v) is 6.15. The number of rotatable bonds is 7. The van der Waals surface area contributed by atoms with E-state index in [0.29, 0.717) is 18.8 Å². The monoisotopic (exact) mass is 260 g/mol. The quantitative estimate of drug-likeness (QED) is 0.550. The molecule has 0 saturated carbocycles. The summed E-state index contributed by atoms with van der Waals surface area (Å²) in [5.74, 6) is -0.825. The van der Waals surface area contributed by atoms with Gasteiger partial charge in [0.25, 0.3) is 0 Å². The minimum Gasteiger partial charge on any atom is -0.467 e. The van der Waals surface area contributed by atoms with E-state index in [1.165, 1.54) is 7.11 Å². The van der Waals surface area contributed by atoms with Crippen molar-refractivity contribution in [2.45, 2.75) is 51.8 Å². The van der Waals surface area contributed by atoms with Gasteiger partial charge in [0.1, 0.15) is 0 Å². The minimum atomic E-state index is -1.37. The number of aliphatic hydroxyl groups is 1. The lowest BCUT2D eigenvalue weighted by atomic mass is 10.0. The summed E-state index contributed by atoms with van der Waals surface area (Å²) in [4.78, 5) is 23.0. The van der Waals surface area contributed by atoms with Gasteiger partial charge in [-0.2, -0.15) is 0 Å². The number of aliphatic hydroxyl groups excluding tert-OH is 1. The summed E-state index contributed by atoms with van der Waals surface area (Å²) in [5, 5.41) is 12.2. The number of carbonyl (C=O) groups is 2. The third-order valence-electron chi connectivity index (χ3n) is 2.65. The smallest absolute Gasteiger partial charge is 0.336 e. The second kappa shape index (κ2) is 8.05. The predicted molar refractivity (Wildman–Crippen MR) is 67.7 cm³/mol. The molecule has 0 saturated heterocycles. The predicted octanol–water partition coefficient (Wildman–Crippen LogP) is -0.211. The second-order valence-electron chi connectivity index (χ2n) is 4.73. The Labute approximate surface area is 108 Å². The fourth-order valence-electron chi connectivity index (χ4n) is 1.59. The molecule has 106 valence electrons. The molecule has 4 N–H and O–H groups in total. The van der Waals surface area contributed by atoms with Crippen LogP contribution in [0.1, 0.15) is 33.6 Å². The first-order valence-electron chi connectivity index (χ1n) is 6.15. The molecule has 0 fully saturated rings. The molecule has 0 aromatic heterocycles. The molecule has 0 aromatic rings. The molecule has 2 unspecified atom stereocenters. The molecule has 0 heterocycles. The summed E-state index contributed by atoms with van der Waals surface area (Å²) in [6.07, 6.45) is -0.400. The Balaban J connectivity index is 4.44. The maximum atomic E-state index is 11.8. The standard InChI is InChI=1S/C12H24N2O4/c1-5-9(10(15)12(17)18-4)14-11(16)8(13)6-7(2)3/h7-10,15H,5-6,13H2,1-4H3,(H,14,16)/t8-,9?,10?/m0/s1. The Kier molecular flexibility index (Phi) is 7.54. The molecule has 0 aliphatic carbocycles. The molecule has 0 bridgehead atoms. The van der Waals surface area contributed by atoms with Crippen LogP contribution in [0.2, 0.25) is 0 Å². The molecule has 18 heavy (non-hydrogen) atoms. The molecule has 0 aliphatic heterocycles. The molecule has 0 aliphatic rings. The number of hydrogen-bond acceptors (Lipinski definition) is 5. The number of amides is 1. The number of nitrogens with two attached hydrogens (primary N) is 1. The van der Waals surface area contributed by atoms with Crippen LogP contribution in [0.3, 0.4) is 0 Å². The lowest BCUT2D eigenvalue weighted by Gasteiger charge is -2.23. The first-order chi connectivity index (χ1) is 8.33. The Morgan fingerprint density at radius 3 is 2.33 bits per heavy atom. The van der Waals surface area contributed by atoms with Gasteiger partial charge in [0.15, 0.2) is 6.10 Å². The number of ether oxygens (including phenoxy) is 1. The fourth-order valence-corrected chi connectivity index (χ4v) is 1.59. The van der Waals surface area contributed by atoms with E-state index in [-0.39, 0.29) is 5.91 Å². The second-order valence-corrected chi connectivity index (χ2v) is 4.73. The average molecular weight is 260 g/mol. The number of esters is 1. The maximum Gasteiger partial charge on any atom is 0.336 e. The molecule has 6 heteroatoms. The van der Waals surface area contributed by atoms with Crippen LogP contribution in [0.4, 0.5) is 0 Å². The summed E-state index contributed by atoms with van der Waals surface area (Å²) in [6, 6.07) is -1.31. The van der Waals surface area contributed by atoms with E-state index in [2.05, 4.69) is 10.1 Å². The number of hydrogen-bond donors (Lipinski definition) is 3. The van der Waals surface area contributed by atoms with Gasteiger partial charge in [-0.05, 0) is 18.8 Å². The van der Waals surface area contributed by atoms with Crippen molar-refractivity contribution in [2.24, 2.45) is 11.7 Å². The Bertz CT molecular complexity index is 281. The van der Waals surface area contributed by atoms with E-state index >= 15 is 0 Å². The van der Waals surface area contributed by atoms with E-state index in [0.717, 1.165) is 0 Å². The molecule has 1 amide bonds. The number of methoxy groups -OCH3 is 1. The Morgan fingerprint density at radius 1 is 1.39 bits per heavy atom. The number of nitrogens with one attached hydrogen (secondary N) is 1. The zero-order valence-electron chi connectivity index (χ0n) is 11.5. The van der Waals surface area contributed by atoms with Crippen molar-refractivity contribution >= 4 is 11.9 Å². The van der Waals surface area contributed by atoms with Crippen molar-refractivity contribution in [1.82, 2.24) is 5.32 Å². The lowest BCUT2D eigenvalue weighted by molar-refractivity contribution is -0.152. The molecule has 0 radical (unpaired) electrons. The molecular formula is C12H24N2O4. The van der Waals surface area contributed by atoms with Crippen LogP contribution >= 0.6 is 0 Å². The molecule has 3 atom stereocenters. The lowest BCUT2D eigenvalue weighted by Crippen LogP contribution is -2.52. The average Bonchev–Trinajstić information content (AvgIpc) is 2.32. The van der Waals surface area contributed by atoms with Gasteiger partial charge in [-0.25, -0.2) is 4.79 Å². The highest BCUT2D eigenvalue weighted by atomic mass is 16.5. The summed E-state index contributed by atoms with van der Waals surface area (Å²) in [5.41, 5.74) is 5.72. The van der Waals surface area contributed by atoms with Crippen LogP contribution in [0.15, 0.2) is 0 Å². The van der Waals surface area contributed by atoms with E-state index < -0.39 is 24.2 Å². The topological polar surface area (TPSA) is 102 Å². The van der Waals surface area contributed by atoms with Crippen LogP contribution in [0.5, 0.6) is 0 Å². The van der Waals surface area contributed by atoms with Gasteiger partial charge in [-0.15, -0.1) is 0 Å². The van der Waals surface area contributed by atoms with Gasteiger partial charge in [0, 0.05) is 0 Å². The summed E-state index contributed by atoms with van der Waals surface area (Å²) < 4.78 is 4.43. The van der Waals surface area contributed by atoms with Crippen LogP contribution in [0.25, 0.3) is 0 Å². The van der Waals surface area contributed by atoms with E-state index in [9.17, 15) is 14.7 Å². The molecule has 6 nitrogen and oxygen atoms in total. The van der Waals surface area contributed by atoms with E-state index in [4.69, 9.17) is 5.73 Å². The summed E-state index contributed by atoms with van der Waals surface area (Å²) in [6.45, 7) is 5.69. The van der Waals surface area contributed by atoms with E-state index in [1.54, 1.807) is 6.92 Å². The van der Waals surface area contributed by atoms with Gasteiger partial charge in [0.2, 0.25) is 5.91 Å². The van der Waals surface area contributed by atoms with Crippen LogP contribution < -0.4 is 11.1 Å². The Morgan fingerprint density at radius 2 is 1.94 bits per heavy atom. The van der Waals surface area contributed by atoms with Crippen molar-refractivity contribution in [2.75, 3.05) is 7.11 Å². The molecule has 0 aromatic carbocycles. The van der Waals surface area contributed by atoms with Crippen molar-refractivity contribution in [3.05, 3.63) is 0 Å². The van der Waals surface area contributed by atoms with Crippen molar-refractivity contribution in [3.63, 3.8) is 0 Å². The fraction of sp³-hybridized carbons (Fsp3) is 0.833. The van der Waals surface area contributed by atoms with Crippen LogP contribution in [-0.4, -0.2) is 42.3 Å². The van der Waals surface area contributed by atoms with Gasteiger partial charge < -0.3 is 20.9 Å². The molecule has 0 spiro atoms. The normalized spacial score (nSPS) is 15.9. The summed E-state index contributed by atoms with van der Waals surface area (Å²) >= 11 is 0. The first kappa shape index (κ1) is 16.9. The minimum absolute atomic E-state index is 0.302. The van der Waals surface area contributed by atoms with Crippen molar-refractivity contribution < 1.29 is 19.4 Å². The van der Waals surface area contributed by atoms with Crippen LogP contribution in [-0.2, 0) is 14.3 Å². The van der Waals surface area contributed by atoms with E-state index in [1.807, 2.05) is 13.8 Å². The highest BCUT2D eigenvalue weighted by Crippen LogP contribution is 2.05. The zero-order valence-corrected chi connectivity index (χ0v) is 11.5.